The normalized spacial score (nSPS) is 15.1. The van der Waals surface area contributed by atoms with Crippen molar-refractivity contribution in [2.24, 2.45) is 0 Å². The molecule has 1 aliphatic rings. The smallest absolute Gasteiger partial charge is 0.243 e. The second-order valence-electron chi connectivity index (χ2n) is 7.39. The molecular formula is C20H24ClN3O5S2. The zero-order valence-electron chi connectivity index (χ0n) is 17.2. The first-order valence-electron chi connectivity index (χ1n) is 9.62. The molecule has 2 aromatic carbocycles. The number of halogens is 1. The summed E-state index contributed by atoms with van der Waals surface area (Å²) >= 11 is 6.01. The Labute approximate surface area is 187 Å². The highest BCUT2D eigenvalue weighted by Crippen LogP contribution is 2.28. The fraction of sp³-hybridized carbons (Fsp3) is 0.350. The summed E-state index contributed by atoms with van der Waals surface area (Å²) < 4.78 is 50.4. The van der Waals surface area contributed by atoms with Crippen molar-refractivity contribution >= 4 is 48.7 Å². The van der Waals surface area contributed by atoms with Crippen molar-refractivity contribution in [2.45, 2.75) is 29.6 Å². The molecule has 1 amide bonds. The molecule has 0 aliphatic carbocycles. The molecule has 168 valence electrons. The van der Waals surface area contributed by atoms with Gasteiger partial charge in [-0.2, -0.15) is 4.31 Å². The molecule has 31 heavy (non-hydrogen) atoms. The Morgan fingerprint density at radius 3 is 2.26 bits per heavy atom. The number of nitrogens with zero attached hydrogens (tertiary/aromatic N) is 1. The number of hydrogen-bond acceptors (Lipinski definition) is 6. The number of hydrogen-bond donors (Lipinski definition) is 2. The van der Waals surface area contributed by atoms with Crippen LogP contribution in [-0.4, -0.2) is 52.9 Å². The summed E-state index contributed by atoms with van der Waals surface area (Å²) in [5, 5.41) is 5.81. The lowest BCUT2D eigenvalue weighted by Gasteiger charge is -2.16. The van der Waals surface area contributed by atoms with E-state index in [1.165, 1.54) is 34.6 Å². The third-order valence-corrected chi connectivity index (χ3v) is 8.36. The lowest BCUT2D eigenvalue weighted by molar-refractivity contribution is -0.114. The molecule has 0 bridgehead atoms. The number of benzene rings is 2. The van der Waals surface area contributed by atoms with Crippen LogP contribution in [0.25, 0.3) is 0 Å². The standard InChI is InChI=1S/C20H24ClN3O5S2/c1-14-18(11-15(21)12-19(14)30(2,26)27)22-13-20(25)23-16-5-7-17(8-6-16)31(28,29)24-9-3-4-10-24/h5-8,11-12,22H,3-4,9-10,13H2,1-2H3,(H,23,25). The zero-order valence-corrected chi connectivity index (χ0v) is 19.6. The van der Waals surface area contributed by atoms with E-state index in [-0.39, 0.29) is 27.3 Å². The zero-order chi connectivity index (χ0) is 22.8. The van der Waals surface area contributed by atoms with Gasteiger partial charge in [0.2, 0.25) is 15.9 Å². The Hall–Kier alpha value is -2.14. The molecule has 0 spiro atoms. The molecule has 0 unspecified atom stereocenters. The molecule has 1 fully saturated rings. The van der Waals surface area contributed by atoms with E-state index < -0.39 is 19.9 Å². The van der Waals surface area contributed by atoms with Crippen LogP contribution >= 0.6 is 11.6 Å². The van der Waals surface area contributed by atoms with Gasteiger partial charge < -0.3 is 10.6 Å². The molecule has 1 heterocycles. The number of carbonyl (C=O) groups excluding carboxylic acids is 1. The van der Waals surface area contributed by atoms with Crippen LogP contribution in [0.4, 0.5) is 11.4 Å². The first kappa shape index (κ1) is 23.5. The van der Waals surface area contributed by atoms with Gasteiger partial charge in [-0.3, -0.25) is 4.79 Å². The third kappa shape index (κ3) is 5.57. The lowest BCUT2D eigenvalue weighted by atomic mass is 10.2. The molecule has 2 aromatic rings. The van der Waals surface area contributed by atoms with E-state index in [4.69, 9.17) is 11.6 Å². The van der Waals surface area contributed by atoms with E-state index in [0.29, 0.717) is 30.0 Å². The van der Waals surface area contributed by atoms with Gasteiger partial charge in [0.1, 0.15) is 0 Å². The van der Waals surface area contributed by atoms with Crippen LogP contribution in [0.2, 0.25) is 5.02 Å². The van der Waals surface area contributed by atoms with E-state index in [9.17, 15) is 21.6 Å². The summed E-state index contributed by atoms with van der Waals surface area (Å²) in [4.78, 5) is 12.6. The number of sulfonamides is 1. The van der Waals surface area contributed by atoms with E-state index in [1.807, 2.05) is 0 Å². The van der Waals surface area contributed by atoms with E-state index in [1.54, 1.807) is 13.0 Å². The Balaban J connectivity index is 1.65. The van der Waals surface area contributed by atoms with Gasteiger partial charge >= 0.3 is 0 Å². The molecule has 3 rings (SSSR count). The average molecular weight is 486 g/mol. The number of sulfone groups is 1. The largest absolute Gasteiger partial charge is 0.376 e. The second-order valence-corrected chi connectivity index (χ2v) is 11.7. The molecule has 0 saturated carbocycles. The molecular weight excluding hydrogens is 462 g/mol. The minimum absolute atomic E-state index is 0.0951. The fourth-order valence-corrected chi connectivity index (χ4v) is 6.20. The molecule has 0 radical (unpaired) electrons. The van der Waals surface area contributed by atoms with Gasteiger partial charge in [-0.1, -0.05) is 11.6 Å². The predicted octanol–water partition coefficient (Wildman–Crippen LogP) is 2.89. The monoisotopic (exact) mass is 485 g/mol. The first-order valence-corrected chi connectivity index (χ1v) is 13.3. The molecule has 1 aliphatic heterocycles. The van der Waals surface area contributed by atoms with Crippen molar-refractivity contribution in [1.82, 2.24) is 4.31 Å². The lowest BCUT2D eigenvalue weighted by Crippen LogP contribution is -2.27. The van der Waals surface area contributed by atoms with Crippen LogP contribution < -0.4 is 10.6 Å². The summed E-state index contributed by atoms with van der Waals surface area (Å²) in [7, 11) is -6.97. The molecule has 2 N–H and O–H groups in total. The molecule has 1 saturated heterocycles. The van der Waals surface area contributed by atoms with Crippen molar-refractivity contribution in [3.8, 4) is 0 Å². The Kier molecular flexibility index (Phi) is 6.95. The van der Waals surface area contributed by atoms with Gasteiger partial charge in [-0.05, 0) is 61.7 Å². The number of carbonyl (C=O) groups is 1. The average Bonchev–Trinajstić information content (AvgIpc) is 3.24. The topological polar surface area (TPSA) is 113 Å². The van der Waals surface area contributed by atoms with Gasteiger partial charge in [-0.15, -0.1) is 0 Å². The van der Waals surface area contributed by atoms with Crippen molar-refractivity contribution in [1.29, 1.82) is 0 Å². The summed E-state index contributed by atoms with van der Waals surface area (Å²) in [6, 6.07) is 8.93. The predicted molar refractivity (Wildman–Crippen MR) is 121 cm³/mol. The minimum atomic E-state index is -3.51. The van der Waals surface area contributed by atoms with E-state index in [2.05, 4.69) is 10.6 Å². The van der Waals surface area contributed by atoms with Crippen LogP contribution in [0.15, 0.2) is 46.2 Å². The van der Waals surface area contributed by atoms with E-state index >= 15 is 0 Å². The summed E-state index contributed by atoms with van der Waals surface area (Å²) in [6.45, 7) is 2.55. The van der Waals surface area contributed by atoms with Gasteiger partial charge in [0, 0.05) is 35.7 Å². The van der Waals surface area contributed by atoms with Gasteiger partial charge in [-0.25, -0.2) is 16.8 Å². The van der Waals surface area contributed by atoms with Crippen LogP contribution in [0.1, 0.15) is 18.4 Å². The van der Waals surface area contributed by atoms with Crippen LogP contribution in [-0.2, 0) is 24.7 Å². The Morgan fingerprint density at radius 1 is 1.06 bits per heavy atom. The highest BCUT2D eigenvalue weighted by atomic mass is 35.5. The number of rotatable bonds is 7. The maximum atomic E-state index is 12.6. The minimum Gasteiger partial charge on any atom is -0.376 e. The fourth-order valence-electron chi connectivity index (χ4n) is 3.39. The van der Waals surface area contributed by atoms with Gasteiger partial charge in [0.15, 0.2) is 9.84 Å². The maximum Gasteiger partial charge on any atom is 0.243 e. The number of amides is 1. The summed E-state index contributed by atoms with van der Waals surface area (Å²) in [5.74, 6) is -0.379. The Bertz CT molecular complexity index is 1190. The maximum absolute atomic E-state index is 12.6. The summed E-state index contributed by atoms with van der Waals surface area (Å²) in [6.07, 6.45) is 2.81. The van der Waals surface area contributed by atoms with Crippen molar-refractivity contribution in [2.75, 3.05) is 36.5 Å². The molecule has 11 heteroatoms. The Morgan fingerprint density at radius 2 is 1.68 bits per heavy atom. The number of nitrogens with one attached hydrogen (secondary N) is 2. The van der Waals surface area contributed by atoms with Crippen molar-refractivity contribution in [3.63, 3.8) is 0 Å². The van der Waals surface area contributed by atoms with Gasteiger partial charge in [0.25, 0.3) is 0 Å². The number of anilines is 2. The van der Waals surface area contributed by atoms with Crippen LogP contribution in [0.5, 0.6) is 0 Å². The molecule has 8 nitrogen and oxygen atoms in total. The van der Waals surface area contributed by atoms with Crippen LogP contribution in [0, 0.1) is 6.92 Å². The van der Waals surface area contributed by atoms with Crippen molar-refractivity contribution in [3.05, 3.63) is 47.0 Å². The highest BCUT2D eigenvalue weighted by Gasteiger charge is 2.27. The van der Waals surface area contributed by atoms with Crippen LogP contribution in [0.3, 0.4) is 0 Å². The van der Waals surface area contributed by atoms with Gasteiger partial charge in [0.05, 0.1) is 16.3 Å². The summed E-state index contributed by atoms with van der Waals surface area (Å²) in [5.41, 5.74) is 1.36. The van der Waals surface area contributed by atoms with Crippen molar-refractivity contribution < 1.29 is 21.6 Å². The SMILES string of the molecule is Cc1c(NCC(=O)Nc2ccc(S(=O)(=O)N3CCCC3)cc2)cc(Cl)cc1S(C)(=O)=O. The highest BCUT2D eigenvalue weighted by molar-refractivity contribution is 7.90. The molecule has 0 atom stereocenters. The first-order chi connectivity index (χ1) is 14.5. The third-order valence-electron chi connectivity index (χ3n) is 5.00. The molecule has 0 aromatic heterocycles. The second kappa shape index (κ2) is 9.15. The van der Waals surface area contributed by atoms with E-state index in [0.717, 1.165) is 19.1 Å². The quantitative estimate of drug-likeness (QED) is 0.623.